The van der Waals surface area contributed by atoms with E-state index < -0.39 is 46.0 Å². The Bertz CT molecular complexity index is 2320. The molecule has 4 aliphatic rings. The van der Waals surface area contributed by atoms with Crippen molar-refractivity contribution >= 4 is 40.3 Å². The maximum Gasteiger partial charge on any atom is 0.317 e. The number of carbonyl (C=O) groups is 3. The van der Waals surface area contributed by atoms with Gasteiger partial charge in [-0.2, -0.15) is 0 Å². The molecule has 0 aliphatic carbocycles. The van der Waals surface area contributed by atoms with Gasteiger partial charge in [-0.15, -0.1) is 0 Å². The minimum Gasteiger partial charge on any atom is -0.394 e. The zero-order chi connectivity index (χ0) is 44.9. The van der Waals surface area contributed by atoms with Gasteiger partial charge in [0.2, 0.25) is 0 Å². The molecule has 8 rings (SSSR count). The molecule has 4 aliphatic heterocycles. The summed E-state index contributed by atoms with van der Waals surface area (Å²) in [5, 5.41) is 6.00. The molecule has 0 unspecified atom stereocenters. The van der Waals surface area contributed by atoms with E-state index in [1.807, 2.05) is 6.92 Å². The summed E-state index contributed by atoms with van der Waals surface area (Å²) in [7, 11) is 0. The molecule has 0 bridgehead atoms. The van der Waals surface area contributed by atoms with Gasteiger partial charge in [0.1, 0.15) is 34.6 Å². The maximum absolute atomic E-state index is 14.1. The van der Waals surface area contributed by atoms with Crippen LogP contribution in [0.5, 0.6) is 0 Å². The van der Waals surface area contributed by atoms with Crippen molar-refractivity contribution in [1.82, 2.24) is 15.5 Å². The highest BCUT2D eigenvalue weighted by atomic mass is 19.2. The van der Waals surface area contributed by atoms with Crippen LogP contribution in [0.1, 0.15) is 84.2 Å². The van der Waals surface area contributed by atoms with Crippen molar-refractivity contribution in [3.8, 4) is 0 Å². The van der Waals surface area contributed by atoms with Crippen molar-refractivity contribution in [2.24, 2.45) is 5.73 Å². The van der Waals surface area contributed by atoms with Crippen LogP contribution in [0.3, 0.4) is 0 Å². The van der Waals surface area contributed by atoms with Crippen LogP contribution in [0, 0.1) is 34.9 Å². The lowest BCUT2D eigenvalue weighted by molar-refractivity contribution is 0.0882. The summed E-state index contributed by atoms with van der Waals surface area (Å²) < 4.78 is 79.7. The number of urea groups is 1. The Kier molecular flexibility index (Phi) is 14.1. The Labute approximate surface area is 356 Å². The van der Waals surface area contributed by atoms with Gasteiger partial charge >= 0.3 is 6.03 Å². The summed E-state index contributed by atoms with van der Waals surface area (Å²) >= 11 is 0. The van der Waals surface area contributed by atoms with Crippen LogP contribution in [0.4, 0.5) is 53.9 Å². The number of piperidine rings is 2. The molecular formula is C45H52F6N8O3. The molecule has 2 saturated heterocycles. The number of anilines is 4. The second kappa shape index (κ2) is 19.1. The number of hydrogen-bond acceptors (Lipinski definition) is 9. The monoisotopic (exact) mass is 866 g/mol. The molecule has 0 atom stereocenters. The number of likely N-dealkylation sites (tertiary alicyclic amines) is 1. The number of fused-ring (bicyclic) bond motifs is 2. The molecule has 0 saturated carbocycles. The van der Waals surface area contributed by atoms with Crippen LogP contribution in [0.2, 0.25) is 0 Å². The predicted molar refractivity (Wildman–Crippen MR) is 227 cm³/mol. The van der Waals surface area contributed by atoms with Crippen LogP contribution in [0.15, 0.2) is 60.7 Å². The predicted octanol–water partition coefficient (Wildman–Crippen LogP) is 7.21. The Morgan fingerprint density at radius 1 is 0.677 bits per heavy atom. The standard InChI is InChI=1S/C23H25F3N4O2.C15H19FN2O.C7H8F2N2/c1-2-30-18-6-4-15(24)11-16(18)19(31)12-23(30)7-9-29(10-8-23)22(32)28-13-14-3-5-17(25)21(27)20(14)26;1-2-18-13-4-3-11(16)9-12(13)14(19)10-15(18)5-7-17-8-6-15;8-5-2-1-4(3-10)6(9)7(5)11/h3-6,11H,2,7-10,12-13,27H2,1H3,(H,28,32);3-4,9,17H,2,5-8,10H2,1H3;1-2H,3,10-11H2. The number of hydrogen-bond donors (Lipinski definition) is 5. The summed E-state index contributed by atoms with van der Waals surface area (Å²) in [5.41, 5.74) is 16.9. The topological polar surface area (TPSA) is 163 Å². The van der Waals surface area contributed by atoms with Gasteiger partial charge in [-0.1, -0.05) is 12.1 Å². The molecule has 332 valence electrons. The fourth-order valence-corrected chi connectivity index (χ4v) is 9.15. The number of benzene rings is 4. The number of carbonyl (C=O) groups excluding carboxylic acids is 3. The van der Waals surface area contributed by atoms with Crippen LogP contribution in [-0.2, 0) is 13.1 Å². The van der Waals surface area contributed by atoms with Crippen LogP contribution < -0.4 is 37.6 Å². The van der Waals surface area contributed by atoms with E-state index in [0.717, 1.165) is 56.0 Å². The van der Waals surface area contributed by atoms with Crippen molar-refractivity contribution in [3.63, 3.8) is 0 Å². The molecule has 2 amide bonds. The Morgan fingerprint density at radius 2 is 1.13 bits per heavy atom. The van der Waals surface area contributed by atoms with Gasteiger partial charge in [-0.3, -0.25) is 9.59 Å². The number of nitrogens with zero attached hydrogens (tertiary/aromatic N) is 3. The molecule has 62 heavy (non-hydrogen) atoms. The van der Waals surface area contributed by atoms with Crippen molar-refractivity contribution in [2.45, 2.75) is 76.5 Å². The fraction of sp³-hybridized carbons (Fsp3) is 0.400. The van der Waals surface area contributed by atoms with E-state index in [4.69, 9.17) is 17.2 Å². The van der Waals surface area contributed by atoms with Crippen LogP contribution in [-0.4, -0.2) is 72.8 Å². The van der Waals surface area contributed by atoms with E-state index in [1.54, 1.807) is 17.0 Å². The Balaban J connectivity index is 0.000000179. The second-order valence-corrected chi connectivity index (χ2v) is 15.9. The number of ketones is 2. The first-order valence-corrected chi connectivity index (χ1v) is 20.7. The number of nitrogens with two attached hydrogens (primary N) is 3. The van der Waals surface area contributed by atoms with E-state index in [2.05, 4.69) is 27.4 Å². The molecule has 2 fully saturated rings. The van der Waals surface area contributed by atoms with Crippen molar-refractivity contribution in [2.75, 3.05) is 60.5 Å². The van der Waals surface area contributed by atoms with Crippen molar-refractivity contribution in [3.05, 3.63) is 118 Å². The second-order valence-electron chi connectivity index (χ2n) is 15.9. The summed E-state index contributed by atoms with van der Waals surface area (Å²) in [4.78, 5) is 43.8. The molecule has 4 aromatic rings. The van der Waals surface area contributed by atoms with Gasteiger partial charge in [-0.25, -0.2) is 31.1 Å². The highest BCUT2D eigenvalue weighted by Gasteiger charge is 2.47. The molecule has 2 spiro atoms. The molecule has 0 radical (unpaired) electrons. The first-order valence-electron chi connectivity index (χ1n) is 20.7. The SMILES string of the molecule is CCN1c2ccc(F)cc2C(=O)CC12CCN(C(=O)NCc1ccc(F)c(N)c1F)CC2.CCN1c2ccc(F)cc2C(=O)CC12CCNCC2.NCc1ccc(F)c(N)c1F. The van der Waals surface area contributed by atoms with E-state index in [0.29, 0.717) is 50.0 Å². The first-order chi connectivity index (χ1) is 29.6. The van der Waals surface area contributed by atoms with Crippen molar-refractivity contribution < 1.29 is 40.7 Å². The highest BCUT2D eigenvalue weighted by Crippen LogP contribution is 2.44. The minimum atomic E-state index is -0.877. The van der Waals surface area contributed by atoms with Gasteiger partial charge in [-0.05, 0) is 101 Å². The minimum absolute atomic E-state index is 0.0241. The van der Waals surface area contributed by atoms with Gasteiger partial charge in [0.15, 0.2) is 23.2 Å². The lowest BCUT2D eigenvalue weighted by atomic mass is 9.76. The molecule has 0 aromatic heterocycles. The third-order valence-electron chi connectivity index (χ3n) is 12.4. The number of halogens is 6. The zero-order valence-corrected chi connectivity index (χ0v) is 34.7. The summed E-state index contributed by atoms with van der Waals surface area (Å²) in [6.07, 6.45) is 3.89. The third-order valence-corrected chi connectivity index (χ3v) is 12.4. The Hall–Kier alpha value is -5.81. The largest absolute Gasteiger partial charge is 0.394 e. The number of nitrogen functional groups attached to an aromatic ring is 2. The number of rotatable bonds is 5. The lowest BCUT2D eigenvalue weighted by Gasteiger charge is -2.52. The third kappa shape index (κ3) is 9.19. The van der Waals surface area contributed by atoms with E-state index in [9.17, 15) is 40.7 Å². The van der Waals surface area contributed by atoms with Crippen LogP contribution in [0.25, 0.3) is 0 Å². The summed E-state index contributed by atoms with van der Waals surface area (Å²) in [6.45, 7) is 8.24. The average Bonchev–Trinajstić information content (AvgIpc) is 3.26. The summed E-state index contributed by atoms with van der Waals surface area (Å²) in [5.74, 6) is -4.00. The first kappa shape index (κ1) is 45.7. The fourth-order valence-electron chi connectivity index (χ4n) is 9.15. The highest BCUT2D eigenvalue weighted by molar-refractivity contribution is 6.05. The van der Waals surface area contributed by atoms with Crippen molar-refractivity contribution in [1.29, 1.82) is 0 Å². The average molecular weight is 867 g/mol. The van der Waals surface area contributed by atoms with E-state index in [-0.39, 0.29) is 59.6 Å². The Morgan fingerprint density at radius 3 is 1.60 bits per heavy atom. The number of nitrogens with one attached hydrogen (secondary N) is 2. The molecular weight excluding hydrogens is 815 g/mol. The molecule has 11 nitrogen and oxygen atoms in total. The van der Waals surface area contributed by atoms with E-state index in [1.165, 1.54) is 36.4 Å². The maximum atomic E-state index is 14.1. The van der Waals surface area contributed by atoms with Gasteiger partial charge in [0, 0.05) is 91.3 Å². The van der Waals surface area contributed by atoms with Gasteiger partial charge < -0.3 is 42.5 Å². The van der Waals surface area contributed by atoms with E-state index >= 15 is 0 Å². The molecule has 17 heteroatoms. The normalized spacial score (nSPS) is 17.4. The zero-order valence-electron chi connectivity index (χ0n) is 34.7. The van der Waals surface area contributed by atoms with Gasteiger partial charge in [0.25, 0.3) is 0 Å². The number of amides is 2. The molecule has 4 heterocycles. The lowest BCUT2D eigenvalue weighted by Crippen LogP contribution is -2.60. The molecule has 8 N–H and O–H groups in total. The van der Waals surface area contributed by atoms with Crippen LogP contribution >= 0.6 is 0 Å². The molecule has 4 aromatic carbocycles. The quantitative estimate of drug-likeness (QED) is 0.103. The number of Topliss-reactive ketones (excluding diaryl/α,β-unsaturated/α-hetero) is 2. The smallest absolute Gasteiger partial charge is 0.317 e. The summed E-state index contributed by atoms with van der Waals surface area (Å²) in [6, 6.07) is 13.2. The van der Waals surface area contributed by atoms with Gasteiger partial charge in [0.05, 0.1) is 5.54 Å².